The molecule has 0 spiro atoms. The number of nitrogens with zero attached hydrogens (tertiary/aromatic N) is 2. The number of rotatable bonds is 10. The third-order valence-corrected chi connectivity index (χ3v) is 14.8. The van der Waals surface area contributed by atoms with E-state index in [4.69, 9.17) is 46.4 Å². The third-order valence-electron chi connectivity index (χ3n) is 11.7. The number of hydrogen-bond donors (Lipinski definition) is 0. The Morgan fingerprint density at radius 1 is 0.585 bits per heavy atom. The van der Waals surface area contributed by atoms with Crippen molar-refractivity contribution in [2.24, 2.45) is 11.8 Å². The number of halogens is 4. The molecule has 53 heavy (non-hydrogen) atoms. The zero-order chi connectivity index (χ0) is 37.3. The van der Waals surface area contributed by atoms with E-state index in [1.54, 1.807) is 0 Å². The number of carbonyl (C=O) groups is 2. The van der Waals surface area contributed by atoms with Crippen LogP contribution in [-0.2, 0) is 9.59 Å². The normalized spacial score (nSPS) is 21.8. The number of likely N-dealkylation sites (tertiary alicyclic amines) is 2. The van der Waals surface area contributed by atoms with E-state index in [0.717, 1.165) is 95.0 Å². The summed E-state index contributed by atoms with van der Waals surface area (Å²) in [4.78, 5) is 32.2. The molecule has 0 bridgehead atoms. The summed E-state index contributed by atoms with van der Waals surface area (Å²) in [7, 11) is 0. The minimum Gasteiger partial charge on any atom is -0.342 e. The first-order chi connectivity index (χ1) is 25.5. The SMILES string of the molecule is CC(C)c1ccccc1-c1cc(Sc2cc(-c3ccccc3C(C)C)c([C@@H]3C[C@H]3C(=O)N3CCC3)c(Cl)c2Cl)c(Cl)c(Cl)c1[C@@H]1C[C@H]1C(=O)N1CCC1. The Balaban J connectivity index is 1.25. The van der Waals surface area contributed by atoms with Crippen LogP contribution in [0.3, 0.4) is 0 Å². The quantitative estimate of drug-likeness (QED) is 0.160. The third kappa shape index (κ3) is 6.82. The van der Waals surface area contributed by atoms with Crippen LogP contribution in [0.15, 0.2) is 70.5 Å². The van der Waals surface area contributed by atoms with Gasteiger partial charge in [0.15, 0.2) is 0 Å². The van der Waals surface area contributed by atoms with Crippen molar-refractivity contribution >= 4 is 70.0 Å². The fourth-order valence-corrected chi connectivity index (χ4v) is 10.6. The number of carbonyl (C=O) groups excluding carboxylic acids is 2. The molecule has 9 heteroatoms. The van der Waals surface area contributed by atoms with Gasteiger partial charge in [-0.3, -0.25) is 9.59 Å². The maximum atomic E-state index is 13.4. The van der Waals surface area contributed by atoms with Crippen molar-refractivity contribution < 1.29 is 9.59 Å². The predicted octanol–water partition coefficient (Wildman–Crippen LogP) is 12.7. The maximum Gasteiger partial charge on any atom is 0.226 e. The maximum absolute atomic E-state index is 13.4. The fraction of sp³-hybridized carbons (Fsp3) is 0.409. The monoisotopic (exact) mass is 804 g/mol. The molecule has 4 atom stereocenters. The second-order valence-corrected chi connectivity index (χ2v) is 18.4. The van der Waals surface area contributed by atoms with Crippen LogP contribution in [0, 0.1) is 11.8 Å². The molecule has 2 amide bonds. The van der Waals surface area contributed by atoms with Crippen molar-refractivity contribution in [1.29, 1.82) is 0 Å². The van der Waals surface area contributed by atoms with E-state index < -0.39 is 0 Å². The van der Waals surface area contributed by atoms with Crippen LogP contribution in [0.2, 0.25) is 20.1 Å². The molecular formula is C44H44Cl4N2O2S. The highest BCUT2D eigenvalue weighted by Crippen LogP contribution is 2.60. The lowest BCUT2D eigenvalue weighted by atomic mass is 9.88. The Bertz CT molecular complexity index is 1980. The van der Waals surface area contributed by atoms with Gasteiger partial charge in [-0.25, -0.2) is 0 Å². The van der Waals surface area contributed by atoms with Gasteiger partial charge in [-0.05, 0) is 106 Å². The molecule has 4 aliphatic rings. The Hall–Kier alpha value is -2.67. The van der Waals surface area contributed by atoms with Gasteiger partial charge in [0, 0.05) is 47.8 Å². The second kappa shape index (κ2) is 14.8. The molecule has 0 radical (unpaired) electrons. The summed E-state index contributed by atoms with van der Waals surface area (Å²) < 4.78 is 0. The number of hydrogen-bond acceptors (Lipinski definition) is 3. The van der Waals surface area contributed by atoms with Gasteiger partial charge < -0.3 is 9.80 Å². The van der Waals surface area contributed by atoms with Gasteiger partial charge in [-0.15, -0.1) is 0 Å². The number of amides is 2. The first-order valence-electron chi connectivity index (χ1n) is 18.9. The molecule has 0 unspecified atom stereocenters. The highest BCUT2D eigenvalue weighted by atomic mass is 35.5. The molecule has 2 saturated heterocycles. The smallest absolute Gasteiger partial charge is 0.226 e. The highest BCUT2D eigenvalue weighted by molar-refractivity contribution is 7.99. The van der Waals surface area contributed by atoms with Crippen LogP contribution in [0.25, 0.3) is 22.3 Å². The molecule has 4 aromatic rings. The van der Waals surface area contributed by atoms with Crippen LogP contribution < -0.4 is 0 Å². The topological polar surface area (TPSA) is 40.6 Å². The van der Waals surface area contributed by atoms with Gasteiger partial charge in [0.1, 0.15) is 0 Å². The lowest BCUT2D eigenvalue weighted by Gasteiger charge is -2.31. The summed E-state index contributed by atoms with van der Waals surface area (Å²) in [5, 5.41) is 1.87. The first-order valence-corrected chi connectivity index (χ1v) is 21.3. The van der Waals surface area contributed by atoms with Crippen LogP contribution in [0.1, 0.15) is 99.3 Å². The Labute approximate surface area is 337 Å². The standard InChI is InChI=1S/C44H44Cl4N2O2S/c1-23(2)25-11-5-7-13-27(25)31-21-35(39(45)41(47)37(31)29-19-33(29)43(51)49-15-9-16-49)53-36-22-32(28-14-8-6-12-26(28)24(3)4)38(42(48)40(36)46)30-20-34(30)44(52)50-17-10-18-50/h5-8,11-14,21-24,29-30,33-34H,9-10,15-20H2,1-4H3/t29-,30-,33-,34-/m1/s1. The van der Waals surface area contributed by atoms with E-state index in [9.17, 15) is 9.59 Å². The van der Waals surface area contributed by atoms with Gasteiger partial charge in [0.2, 0.25) is 11.8 Å². The van der Waals surface area contributed by atoms with Crippen molar-refractivity contribution in [3.8, 4) is 22.3 Å². The van der Waals surface area contributed by atoms with Crippen LogP contribution in [0.5, 0.6) is 0 Å². The van der Waals surface area contributed by atoms with Gasteiger partial charge in [0.05, 0.1) is 20.1 Å². The van der Waals surface area contributed by atoms with Gasteiger partial charge in [-0.2, -0.15) is 0 Å². The van der Waals surface area contributed by atoms with E-state index in [1.165, 1.54) is 22.9 Å². The summed E-state index contributed by atoms with van der Waals surface area (Å²) in [6.45, 7) is 12.1. The first kappa shape index (κ1) is 37.3. The van der Waals surface area contributed by atoms with Gasteiger partial charge in [0.25, 0.3) is 0 Å². The van der Waals surface area contributed by atoms with Crippen molar-refractivity contribution in [3.05, 3.63) is 103 Å². The Morgan fingerprint density at radius 2 is 0.962 bits per heavy atom. The molecule has 276 valence electrons. The fourth-order valence-electron chi connectivity index (χ4n) is 8.28. The van der Waals surface area contributed by atoms with E-state index in [2.05, 4.69) is 88.4 Å². The molecule has 4 nitrogen and oxygen atoms in total. The summed E-state index contributed by atoms with van der Waals surface area (Å²) in [5.41, 5.74) is 8.51. The molecule has 8 rings (SSSR count). The van der Waals surface area contributed by atoms with E-state index >= 15 is 0 Å². The molecule has 2 aliphatic carbocycles. The molecule has 0 N–H and O–H groups in total. The predicted molar refractivity (Wildman–Crippen MR) is 220 cm³/mol. The van der Waals surface area contributed by atoms with Crippen molar-refractivity contribution in [1.82, 2.24) is 9.80 Å². The minimum absolute atomic E-state index is 0.00397. The molecule has 0 aromatic heterocycles. The molecule has 2 aliphatic heterocycles. The summed E-state index contributed by atoms with van der Waals surface area (Å²) in [6, 6.07) is 21.2. The number of benzene rings is 4. The van der Waals surface area contributed by atoms with Crippen LogP contribution in [0.4, 0.5) is 0 Å². The van der Waals surface area contributed by atoms with E-state index in [-0.39, 0.29) is 47.3 Å². The molecule has 4 fully saturated rings. The largest absolute Gasteiger partial charge is 0.342 e. The molecule has 2 saturated carbocycles. The van der Waals surface area contributed by atoms with Crippen LogP contribution in [-0.4, -0.2) is 47.8 Å². The minimum atomic E-state index is -0.0871. The lowest BCUT2D eigenvalue weighted by molar-refractivity contribution is -0.136. The lowest BCUT2D eigenvalue weighted by Crippen LogP contribution is -2.43. The van der Waals surface area contributed by atoms with Crippen molar-refractivity contribution in [2.75, 3.05) is 26.2 Å². The molecular weight excluding hydrogens is 762 g/mol. The van der Waals surface area contributed by atoms with Crippen LogP contribution >= 0.6 is 58.2 Å². The molecule has 4 aromatic carbocycles. The van der Waals surface area contributed by atoms with Gasteiger partial charge >= 0.3 is 0 Å². The summed E-state index contributed by atoms with van der Waals surface area (Å²) >= 11 is 30.6. The highest BCUT2D eigenvalue weighted by Gasteiger charge is 2.50. The second-order valence-electron chi connectivity index (χ2n) is 15.8. The zero-order valence-electron chi connectivity index (χ0n) is 30.5. The van der Waals surface area contributed by atoms with E-state index in [1.807, 2.05) is 9.80 Å². The Kier molecular flexibility index (Phi) is 10.4. The summed E-state index contributed by atoms with van der Waals surface area (Å²) in [5.74, 6) is 0.808. The summed E-state index contributed by atoms with van der Waals surface area (Å²) in [6.07, 6.45) is 3.65. The average Bonchev–Trinajstić information content (AvgIpc) is 4.03. The Morgan fingerprint density at radius 3 is 1.30 bits per heavy atom. The van der Waals surface area contributed by atoms with Gasteiger partial charge in [-0.1, -0.05) is 134 Å². The van der Waals surface area contributed by atoms with E-state index in [0.29, 0.717) is 20.1 Å². The zero-order valence-corrected chi connectivity index (χ0v) is 34.4. The average molecular weight is 807 g/mol. The van der Waals surface area contributed by atoms with Crippen molar-refractivity contribution in [2.45, 2.75) is 86.8 Å². The van der Waals surface area contributed by atoms with Crippen molar-refractivity contribution in [3.63, 3.8) is 0 Å². The molecule has 2 heterocycles.